The van der Waals surface area contributed by atoms with Crippen molar-refractivity contribution >= 4 is 5.82 Å². The molecule has 0 saturated heterocycles. The van der Waals surface area contributed by atoms with Crippen LogP contribution in [0.3, 0.4) is 0 Å². The molecule has 0 aliphatic rings. The van der Waals surface area contributed by atoms with Gasteiger partial charge in [-0.1, -0.05) is 6.85 Å². The molecule has 0 radical (unpaired) electrons. The van der Waals surface area contributed by atoms with Gasteiger partial charge >= 0.3 is 0 Å². The maximum atomic E-state index is 7.44. The highest BCUT2D eigenvalue weighted by Gasteiger charge is 1.87. The molecule has 1 aromatic rings. The number of rotatable bonds is 1. The Morgan fingerprint density at radius 2 is 2.89 bits per heavy atom. The first-order valence-electron chi connectivity index (χ1n) is 4.97. The van der Waals surface area contributed by atoms with Crippen molar-refractivity contribution in [3.8, 4) is 0 Å². The second-order valence-electron chi connectivity index (χ2n) is 1.59. The fourth-order valence-electron chi connectivity index (χ4n) is 0.526. The number of hydrogen-bond acceptors (Lipinski definition) is 2. The van der Waals surface area contributed by atoms with Crippen molar-refractivity contribution < 1.29 is 6.85 Å². The molecule has 1 aromatic heterocycles. The SMILES string of the molecule is [2H]C([2H])([2H])C([2H])([2H])c1ccnc(N)c1. The van der Waals surface area contributed by atoms with Gasteiger partial charge in [-0.3, -0.25) is 0 Å². The molecule has 0 amide bonds. The van der Waals surface area contributed by atoms with Crippen LogP contribution in [0.2, 0.25) is 0 Å². The van der Waals surface area contributed by atoms with Crippen LogP contribution in [-0.2, 0) is 6.37 Å². The van der Waals surface area contributed by atoms with E-state index in [1.165, 1.54) is 18.3 Å². The zero-order valence-electron chi connectivity index (χ0n) is 9.76. The molecular formula is C7H10N2. The molecular weight excluding hydrogens is 112 g/mol. The van der Waals surface area contributed by atoms with Crippen LogP contribution in [0.5, 0.6) is 0 Å². The van der Waals surface area contributed by atoms with Gasteiger partial charge in [-0.15, -0.1) is 0 Å². The first kappa shape index (κ1) is 2.29. The van der Waals surface area contributed by atoms with Crippen LogP contribution in [0.4, 0.5) is 5.82 Å². The summed E-state index contributed by atoms with van der Waals surface area (Å²) in [6.45, 7) is -2.71. The van der Waals surface area contributed by atoms with Crippen LogP contribution in [0.1, 0.15) is 19.3 Å². The van der Waals surface area contributed by atoms with Gasteiger partial charge < -0.3 is 5.73 Å². The van der Waals surface area contributed by atoms with E-state index in [4.69, 9.17) is 12.6 Å². The predicted molar refractivity (Wildman–Crippen MR) is 38.0 cm³/mol. The summed E-state index contributed by atoms with van der Waals surface area (Å²) in [6.07, 6.45) is -1.11. The van der Waals surface area contributed by atoms with Crippen LogP contribution >= 0.6 is 0 Å². The summed E-state index contributed by atoms with van der Waals surface area (Å²) in [4.78, 5) is 3.66. The third-order valence-corrected chi connectivity index (χ3v) is 0.925. The van der Waals surface area contributed by atoms with Crippen LogP contribution in [-0.4, -0.2) is 4.98 Å². The first-order valence-corrected chi connectivity index (χ1v) is 2.47. The third-order valence-electron chi connectivity index (χ3n) is 0.925. The molecule has 0 spiro atoms. The topological polar surface area (TPSA) is 38.9 Å². The lowest BCUT2D eigenvalue weighted by molar-refractivity contribution is 1.12. The van der Waals surface area contributed by atoms with Crippen molar-refractivity contribution in [3.05, 3.63) is 23.9 Å². The van der Waals surface area contributed by atoms with Gasteiger partial charge in [0, 0.05) is 13.1 Å². The van der Waals surface area contributed by atoms with Crippen LogP contribution in [0.25, 0.3) is 0 Å². The molecule has 2 nitrogen and oxygen atoms in total. The van der Waals surface area contributed by atoms with Crippen molar-refractivity contribution in [2.75, 3.05) is 5.73 Å². The molecule has 9 heavy (non-hydrogen) atoms. The number of aryl methyl sites for hydroxylation is 1. The zero-order chi connectivity index (χ0) is 11.0. The fraction of sp³-hybridized carbons (Fsp3) is 0.286. The van der Waals surface area contributed by atoms with Gasteiger partial charge in [0.05, 0.1) is 0 Å². The highest BCUT2D eigenvalue weighted by atomic mass is 14.8. The molecule has 1 rings (SSSR count). The predicted octanol–water partition coefficient (Wildman–Crippen LogP) is 1.23. The highest BCUT2D eigenvalue weighted by Crippen LogP contribution is 2.02. The minimum Gasteiger partial charge on any atom is -0.384 e. The fourth-order valence-corrected chi connectivity index (χ4v) is 0.526. The van der Waals surface area contributed by atoms with Gasteiger partial charge in [-0.05, 0) is 24.1 Å². The minimum atomic E-state index is -2.71. The Morgan fingerprint density at radius 3 is 3.56 bits per heavy atom. The average molecular weight is 127 g/mol. The Kier molecular flexibility index (Phi) is 0.632. The molecule has 0 aliphatic heterocycles. The Labute approximate surface area is 61.7 Å². The monoisotopic (exact) mass is 127 g/mol. The molecule has 2 heteroatoms. The Hall–Kier alpha value is -1.05. The number of nitrogens with zero attached hydrogens (tertiary/aromatic N) is 1. The van der Waals surface area contributed by atoms with Gasteiger partial charge in [0.15, 0.2) is 0 Å². The Balaban J connectivity index is 3.16. The third kappa shape index (κ3) is 1.42. The smallest absolute Gasteiger partial charge is 0.123 e. The number of anilines is 1. The molecule has 0 atom stereocenters. The van der Waals surface area contributed by atoms with E-state index >= 15 is 0 Å². The molecule has 0 unspecified atom stereocenters. The Morgan fingerprint density at radius 1 is 2.00 bits per heavy atom. The summed E-state index contributed by atoms with van der Waals surface area (Å²) in [5.41, 5.74) is 5.36. The molecule has 0 bridgehead atoms. The number of hydrogen-bond donors (Lipinski definition) is 1. The summed E-state index contributed by atoms with van der Waals surface area (Å²) in [7, 11) is 0. The lowest BCUT2D eigenvalue weighted by Crippen LogP contribution is -1.90. The second-order valence-corrected chi connectivity index (χ2v) is 1.59. The van der Waals surface area contributed by atoms with E-state index in [-0.39, 0.29) is 11.4 Å². The standard InChI is InChI=1S/C7H10N2/c1-2-6-3-4-9-7(8)5-6/h3-5H,2H2,1H3,(H2,8,9)/i1D3,2D2. The van der Waals surface area contributed by atoms with Gasteiger partial charge in [-0.25, -0.2) is 4.98 Å². The van der Waals surface area contributed by atoms with Crippen molar-refractivity contribution in [2.45, 2.75) is 13.2 Å². The van der Waals surface area contributed by atoms with E-state index in [0.29, 0.717) is 0 Å². The quantitative estimate of drug-likeness (QED) is 0.616. The van der Waals surface area contributed by atoms with Gasteiger partial charge in [0.2, 0.25) is 0 Å². The van der Waals surface area contributed by atoms with Crippen molar-refractivity contribution in [2.24, 2.45) is 0 Å². The number of pyridine rings is 1. The largest absolute Gasteiger partial charge is 0.384 e. The number of aromatic nitrogens is 1. The van der Waals surface area contributed by atoms with Crippen molar-refractivity contribution in [1.82, 2.24) is 4.98 Å². The maximum absolute atomic E-state index is 7.44. The molecule has 0 fully saturated rings. The molecule has 2 N–H and O–H groups in total. The number of nitrogens with two attached hydrogens (primary N) is 1. The zero-order valence-corrected chi connectivity index (χ0v) is 4.76. The van der Waals surface area contributed by atoms with Crippen LogP contribution in [0, 0.1) is 0 Å². The summed E-state index contributed by atoms with van der Waals surface area (Å²) in [5, 5.41) is 0. The molecule has 48 valence electrons. The van der Waals surface area contributed by atoms with E-state index in [1.807, 2.05) is 0 Å². The molecule has 0 saturated carbocycles. The van der Waals surface area contributed by atoms with Crippen molar-refractivity contribution in [1.29, 1.82) is 0 Å². The average Bonchev–Trinajstić information content (AvgIpc) is 2.02. The second kappa shape index (κ2) is 2.49. The summed E-state index contributed by atoms with van der Waals surface area (Å²) >= 11 is 0. The first-order chi connectivity index (χ1) is 6.25. The van der Waals surface area contributed by atoms with Crippen LogP contribution in [0.15, 0.2) is 18.3 Å². The summed E-state index contributed by atoms with van der Waals surface area (Å²) in [5.74, 6) is 0.107. The minimum absolute atomic E-state index is 0.0185. The summed E-state index contributed by atoms with van der Waals surface area (Å²) in [6, 6.07) is 2.54. The van der Waals surface area contributed by atoms with E-state index in [9.17, 15) is 0 Å². The molecule has 1 heterocycles. The molecule has 0 aromatic carbocycles. The van der Waals surface area contributed by atoms with Gasteiger partial charge in [0.1, 0.15) is 5.82 Å². The van der Waals surface area contributed by atoms with E-state index in [1.54, 1.807) is 0 Å². The highest BCUT2D eigenvalue weighted by molar-refractivity contribution is 5.31. The van der Waals surface area contributed by atoms with Crippen LogP contribution < -0.4 is 5.73 Å². The normalized spacial score (nSPS) is 20.7. The van der Waals surface area contributed by atoms with Gasteiger partial charge in [-0.2, -0.15) is 0 Å². The summed E-state index contributed by atoms with van der Waals surface area (Å²) < 4.78 is 36.0. The van der Waals surface area contributed by atoms with E-state index < -0.39 is 13.2 Å². The number of nitrogen functional groups attached to an aromatic ring is 1. The lowest BCUT2D eigenvalue weighted by atomic mass is 10.2. The van der Waals surface area contributed by atoms with Gasteiger partial charge in [0.25, 0.3) is 0 Å². The lowest BCUT2D eigenvalue weighted by Gasteiger charge is -1.94. The molecule has 0 aliphatic carbocycles. The van der Waals surface area contributed by atoms with E-state index in [0.717, 1.165) is 0 Å². The van der Waals surface area contributed by atoms with Crippen molar-refractivity contribution in [3.63, 3.8) is 0 Å². The maximum Gasteiger partial charge on any atom is 0.123 e. The Bertz CT molecular complexity index is 333. The van der Waals surface area contributed by atoms with E-state index in [2.05, 4.69) is 4.98 Å².